The van der Waals surface area contributed by atoms with Crippen molar-refractivity contribution in [3.05, 3.63) is 0 Å². The van der Waals surface area contributed by atoms with Crippen molar-refractivity contribution < 1.29 is 9.53 Å². The van der Waals surface area contributed by atoms with Crippen LogP contribution in [0.15, 0.2) is 0 Å². The van der Waals surface area contributed by atoms with Gasteiger partial charge in [-0.1, -0.05) is 0 Å². The minimum atomic E-state index is -0.140. The number of piperidine rings is 2. The highest BCUT2D eigenvalue weighted by Crippen LogP contribution is 2.48. The van der Waals surface area contributed by atoms with Gasteiger partial charge in [0.1, 0.15) is 0 Å². The Morgan fingerprint density at radius 2 is 2.31 bits per heavy atom. The van der Waals surface area contributed by atoms with Crippen molar-refractivity contribution in [1.29, 1.82) is 0 Å². The van der Waals surface area contributed by atoms with E-state index in [9.17, 15) is 4.79 Å². The normalized spacial score (nSPS) is 35.6. The second-order valence-corrected chi connectivity index (χ2v) is 3.91. The van der Waals surface area contributed by atoms with Gasteiger partial charge in [0.15, 0.2) is 0 Å². The van der Waals surface area contributed by atoms with Gasteiger partial charge in [-0.2, -0.15) is 0 Å². The topological polar surface area (TPSA) is 38.3 Å². The highest BCUT2D eigenvalue weighted by Gasteiger charge is 2.53. The fourth-order valence-corrected chi connectivity index (χ4v) is 2.37. The van der Waals surface area contributed by atoms with Gasteiger partial charge in [-0.05, 0) is 32.2 Å². The monoisotopic (exact) mass is 205 g/mol. The first kappa shape index (κ1) is 10.8. The van der Waals surface area contributed by atoms with Crippen LogP contribution in [0.4, 0.5) is 0 Å². The Kier molecular flexibility index (Phi) is 3.19. The van der Waals surface area contributed by atoms with E-state index in [-0.39, 0.29) is 23.8 Å². The maximum absolute atomic E-state index is 11.5. The van der Waals surface area contributed by atoms with Crippen molar-refractivity contribution in [3.63, 3.8) is 0 Å². The average molecular weight is 206 g/mol. The van der Waals surface area contributed by atoms with Crippen LogP contribution in [0, 0.1) is 11.3 Å². The third-order valence-electron chi connectivity index (χ3n) is 2.96. The Morgan fingerprint density at radius 3 is 2.77 bits per heavy atom. The van der Waals surface area contributed by atoms with Crippen molar-refractivity contribution in [3.8, 4) is 0 Å². The number of carbonyl (C=O) groups is 1. The molecule has 1 N–H and O–H groups in total. The fraction of sp³-hybridized carbons (Fsp3) is 0.889. The number of esters is 1. The second-order valence-electron chi connectivity index (χ2n) is 3.91. The van der Waals surface area contributed by atoms with Gasteiger partial charge in [-0.3, -0.25) is 4.79 Å². The number of nitrogens with one attached hydrogen (secondary N) is 1. The van der Waals surface area contributed by atoms with Crippen LogP contribution in [0.25, 0.3) is 0 Å². The zero-order valence-electron chi connectivity index (χ0n) is 7.84. The zero-order chi connectivity index (χ0) is 8.60. The van der Waals surface area contributed by atoms with Crippen LogP contribution < -0.4 is 5.32 Å². The molecule has 3 fully saturated rings. The van der Waals surface area contributed by atoms with Crippen molar-refractivity contribution in [2.45, 2.75) is 19.8 Å². The number of fused-ring (bicyclic) bond motifs is 2. The summed E-state index contributed by atoms with van der Waals surface area (Å²) in [6.45, 7) is 4.27. The van der Waals surface area contributed by atoms with Crippen LogP contribution in [0.2, 0.25) is 0 Å². The molecule has 0 atom stereocenters. The highest BCUT2D eigenvalue weighted by atomic mass is 35.5. The lowest BCUT2D eigenvalue weighted by atomic mass is 9.59. The Labute approximate surface area is 84.6 Å². The molecule has 4 heteroatoms. The van der Waals surface area contributed by atoms with Gasteiger partial charge >= 0.3 is 5.97 Å². The second kappa shape index (κ2) is 3.84. The Balaban J connectivity index is 0.000000845. The SMILES string of the molecule is CCOC(=O)C12CNCC(C1)C2.Cl. The summed E-state index contributed by atoms with van der Waals surface area (Å²) in [7, 11) is 0. The lowest BCUT2D eigenvalue weighted by Gasteiger charge is -2.50. The Hall–Kier alpha value is -0.280. The van der Waals surface area contributed by atoms with Gasteiger partial charge in [0, 0.05) is 6.54 Å². The van der Waals surface area contributed by atoms with E-state index >= 15 is 0 Å². The predicted octanol–water partition coefficient (Wildman–Crippen LogP) is 0.971. The first-order chi connectivity index (χ1) is 5.77. The van der Waals surface area contributed by atoms with E-state index in [1.165, 1.54) is 0 Å². The standard InChI is InChI=1S/C9H15NO2.ClH/c1-2-12-8(11)9-3-7(4-9)5-10-6-9;/h7,10H,2-6H2,1H3;1H. The summed E-state index contributed by atoms with van der Waals surface area (Å²) in [6.07, 6.45) is 2.08. The first-order valence-electron chi connectivity index (χ1n) is 4.65. The number of carbonyl (C=O) groups excluding carboxylic acids is 1. The molecule has 3 nitrogen and oxygen atoms in total. The molecule has 2 heterocycles. The van der Waals surface area contributed by atoms with Gasteiger partial charge in [-0.15, -0.1) is 12.4 Å². The maximum Gasteiger partial charge on any atom is 0.313 e. The summed E-state index contributed by atoms with van der Waals surface area (Å²) >= 11 is 0. The summed E-state index contributed by atoms with van der Waals surface area (Å²) in [6, 6.07) is 0. The van der Waals surface area contributed by atoms with E-state index in [0.29, 0.717) is 6.61 Å². The summed E-state index contributed by atoms with van der Waals surface area (Å²) < 4.78 is 5.04. The lowest BCUT2D eigenvalue weighted by Crippen LogP contribution is -2.59. The van der Waals surface area contributed by atoms with Crippen LogP contribution in [-0.4, -0.2) is 25.7 Å². The number of hydrogen-bond donors (Lipinski definition) is 1. The average Bonchev–Trinajstić information content (AvgIpc) is 2.04. The van der Waals surface area contributed by atoms with Crippen LogP contribution in [0.3, 0.4) is 0 Å². The van der Waals surface area contributed by atoms with Gasteiger partial charge in [-0.25, -0.2) is 0 Å². The molecule has 3 rings (SSSR count). The molecule has 3 aliphatic rings. The summed E-state index contributed by atoms with van der Waals surface area (Å²) in [4.78, 5) is 11.5. The van der Waals surface area contributed by atoms with E-state index < -0.39 is 0 Å². The molecule has 0 radical (unpaired) electrons. The van der Waals surface area contributed by atoms with E-state index in [4.69, 9.17) is 4.74 Å². The van der Waals surface area contributed by atoms with Gasteiger partial charge in [0.05, 0.1) is 12.0 Å². The van der Waals surface area contributed by atoms with Crippen LogP contribution in [0.5, 0.6) is 0 Å². The zero-order valence-corrected chi connectivity index (χ0v) is 8.65. The van der Waals surface area contributed by atoms with Gasteiger partial charge in [0.2, 0.25) is 0 Å². The molecule has 0 aromatic carbocycles. The molecule has 2 bridgehead atoms. The van der Waals surface area contributed by atoms with Gasteiger partial charge in [0.25, 0.3) is 0 Å². The van der Waals surface area contributed by atoms with Crippen molar-refractivity contribution in [1.82, 2.24) is 5.32 Å². The quantitative estimate of drug-likeness (QED) is 0.683. The van der Waals surface area contributed by atoms with Crippen LogP contribution >= 0.6 is 12.4 Å². The molecule has 2 saturated heterocycles. The van der Waals surface area contributed by atoms with E-state index in [0.717, 1.165) is 31.8 Å². The molecule has 1 saturated carbocycles. The minimum absolute atomic E-state index is 0. The smallest absolute Gasteiger partial charge is 0.313 e. The van der Waals surface area contributed by atoms with E-state index in [2.05, 4.69) is 5.32 Å². The number of hydrogen-bond acceptors (Lipinski definition) is 3. The molecule has 0 spiro atoms. The fourth-order valence-electron chi connectivity index (χ4n) is 2.37. The largest absolute Gasteiger partial charge is 0.466 e. The maximum atomic E-state index is 11.5. The molecule has 0 amide bonds. The predicted molar refractivity (Wildman–Crippen MR) is 51.9 cm³/mol. The van der Waals surface area contributed by atoms with E-state index in [1.54, 1.807) is 0 Å². The molecule has 76 valence electrons. The van der Waals surface area contributed by atoms with Crippen molar-refractivity contribution in [2.24, 2.45) is 11.3 Å². The molecule has 2 aliphatic heterocycles. The Bertz CT molecular complexity index is 196. The lowest BCUT2D eigenvalue weighted by molar-refractivity contribution is -0.167. The molecule has 0 aromatic rings. The van der Waals surface area contributed by atoms with Crippen LogP contribution in [-0.2, 0) is 9.53 Å². The summed E-state index contributed by atoms with van der Waals surface area (Å²) in [5, 5.41) is 3.26. The number of rotatable bonds is 2. The molecule has 0 unspecified atom stereocenters. The number of halogens is 1. The summed E-state index contributed by atoms with van der Waals surface area (Å²) in [5.74, 6) is 0.733. The minimum Gasteiger partial charge on any atom is -0.466 e. The van der Waals surface area contributed by atoms with Gasteiger partial charge < -0.3 is 10.1 Å². The first-order valence-corrected chi connectivity index (χ1v) is 4.65. The molecular weight excluding hydrogens is 190 g/mol. The highest BCUT2D eigenvalue weighted by molar-refractivity contribution is 5.85. The molecule has 0 aromatic heterocycles. The van der Waals surface area contributed by atoms with Crippen molar-refractivity contribution >= 4 is 18.4 Å². The molecule has 13 heavy (non-hydrogen) atoms. The van der Waals surface area contributed by atoms with E-state index in [1.807, 2.05) is 6.92 Å². The van der Waals surface area contributed by atoms with Crippen LogP contribution in [0.1, 0.15) is 19.8 Å². The third kappa shape index (κ3) is 1.67. The Morgan fingerprint density at radius 1 is 1.62 bits per heavy atom. The van der Waals surface area contributed by atoms with Crippen molar-refractivity contribution in [2.75, 3.05) is 19.7 Å². The molecular formula is C9H16ClNO2. The number of ether oxygens (including phenoxy) is 1. The summed E-state index contributed by atoms with van der Waals surface area (Å²) in [5.41, 5.74) is -0.140. The molecule has 1 aliphatic carbocycles. The third-order valence-corrected chi connectivity index (χ3v) is 2.96.